The molecule has 6 nitrogen and oxygen atoms in total. The van der Waals surface area contributed by atoms with Crippen molar-refractivity contribution >= 4 is 33.7 Å². The van der Waals surface area contributed by atoms with Crippen molar-refractivity contribution in [2.45, 2.75) is 13.5 Å². The second-order valence-corrected chi connectivity index (χ2v) is 7.69. The molecule has 0 saturated heterocycles. The highest BCUT2D eigenvalue weighted by molar-refractivity contribution is 6.06. The lowest BCUT2D eigenvalue weighted by Gasteiger charge is -2.12. The maximum atomic E-state index is 13.8. The third kappa shape index (κ3) is 3.49. The molecule has 32 heavy (non-hydrogen) atoms. The van der Waals surface area contributed by atoms with E-state index >= 15 is 0 Å². The fourth-order valence-electron chi connectivity index (χ4n) is 3.87. The molecule has 0 bridgehead atoms. The molecule has 3 heterocycles. The van der Waals surface area contributed by atoms with E-state index in [4.69, 9.17) is 0 Å². The number of halogens is 2. The zero-order valence-corrected chi connectivity index (χ0v) is 17.4. The number of fused-ring (bicyclic) bond motifs is 2. The lowest BCUT2D eigenvalue weighted by molar-refractivity contribution is 0.101. The largest absolute Gasteiger partial charge is 0.332 e. The summed E-state index contributed by atoms with van der Waals surface area (Å²) in [6.07, 6.45) is 1.57. The van der Waals surface area contributed by atoms with E-state index in [-0.39, 0.29) is 18.3 Å². The zero-order chi connectivity index (χ0) is 22.4. The molecule has 1 amide bonds. The second kappa shape index (κ2) is 7.56. The SMILES string of the molecule is Cc1nc2cc(NC(=O)c3cc4cc(F)ccc4n3Cc3cccc(F)c3)cnc2n1C. The van der Waals surface area contributed by atoms with Crippen LogP contribution in [0.25, 0.3) is 22.1 Å². The number of pyridine rings is 1. The number of anilines is 1. The van der Waals surface area contributed by atoms with Gasteiger partial charge in [-0.05, 0) is 55.0 Å². The Hall–Kier alpha value is -4.07. The first kappa shape index (κ1) is 19.9. The minimum Gasteiger partial charge on any atom is -0.332 e. The van der Waals surface area contributed by atoms with Gasteiger partial charge in [0.25, 0.3) is 5.91 Å². The molecule has 5 aromatic rings. The quantitative estimate of drug-likeness (QED) is 0.444. The first-order valence-electron chi connectivity index (χ1n) is 10.0. The molecule has 8 heteroatoms. The topological polar surface area (TPSA) is 64.7 Å². The summed E-state index contributed by atoms with van der Waals surface area (Å²) < 4.78 is 31.1. The smallest absolute Gasteiger partial charge is 0.272 e. The molecule has 0 unspecified atom stereocenters. The highest BCUT2D eigenvalue weighted by Gasteiger charge is 2.18. The number of amides is 1. The minimum atomic E-state index is -0.396. The molecule has 5 rings (SSSR count). The Labute approximate surface area is 182 Å². The minimum absolute atomic E-state index is 0.256. The molecular formula is C24H19F2N5O. The van der Waals surface area contributed by atoms with Crippen LogP contribution in [-0.2, 0) is 13.6 Å². The summed E-state index contributed by atoms with van der Waals surface area (Å²) in [5, 5.41) is 3.44. The molecule has 2 aromatic carbocycles. The van der Waals surface area contributed by atoms with Crippen LogP contribution in [0.5, 0.6) is 0 Å². The number of hydrogen-bond donors (Lipinski definition) is 1. The molecule has 160 valence electrons. The monoisotopic (exact) mass is 431 g/mol. The number of benzene rings is 2. The predicted molar refractivity (Wildman–Crippen MR) is 119 cm³/mol. The summed E-state index contributed by atoms with van der Waals surface area (Å²) in [4.78, 5) is 22.0. The molecule has 0 aliphatic heterocycles. The summed E-state index contributed by atoms with van der Waals surface area (Å²) in [5.41, 5.74) is 3.57. The van der Waals surface area contributed by atoms with Crippen LogP contribution in [0.15, 0.2) is 60.8 Å². The van der Waals surface area contributed by atoms with Crippen LogP contribution in [0.3, 0.4) is 0 Å². The van der Waals surface area contributed by atoms with Crippen LogP contribution in [0.2, 0.25) is 0 Å². The molecule has 0 fully saturated rings. The number of nitrogens with zero attached hydrogens (tertiary/aromatic N) is 4. The van der Waals surface area contributed by atoms with Crippen LogP contribution in [0.1, 0.15) is 21.9 Å². The van der Waals surface area contributed by atoms with E-state index < -0.39 is 5.82 Å². The number of imidazole rings is 1. The van der Waals surface area contributed by atoms with E-state index in [9.17, 15) is 13.6 Å². The van der Waals surface area contributed by atoms with E-state index in [1.807, 2.05) is 18.5 Å². The summed E-state index contributed by atoms with van der Waals surface area (Å²) in [5.74, 6) is -0.325. The van der Waals surface area contributed by atoms with Gasteiger partial charge in [-0.2, -0.15) is 0 Å². The van der Waals surface area contributed by atoms with Crippen LogP contribution in [0, 0.1) is 18.6 Å². The number of aromatic nitrogens is 4. The third-order valence-electron chi connectivity index (χ3n) is 5.52. The van der Waals surface area contributed by atoms with E-state index in [0.717, 1.165) is 11.5 Å². The van der Waals surface area contributed by atoms with Crippen molar-refractivity contribution in [3.05, 3.63) is 89.5 Å². The van der Waals surface area contributed by atoms with Gasteiger partial charge >= 0.3 is 0 Å². The average Bonchev–Trinajstić information content (AvgIpc) is 3.24. The van der Waals surface area contributed by atoms with Gasteiger partial charge in [0.15, 0.2) is 5.65 Å². The Bertz CT molecular complexity index is 1500. The number of carbonyl (C=O) groups is 1. The van der Waals surface area contributed by atoms with E-state index in [2.05, 4.69) is 15.3 Å². The van der Waals surface area contributed by atoms with Gasteiger partial charge < -0.3 is 14.5 Å². The number of hydrogen-bond acceptors (Lipinski definition) is 3. The van der Waals surface area contributed by atoms with Gasteiger partial charge in [-0.15, -0.1) is 0 Å². The number of rotatable bonds is 4. The van der Waals surface area contributed by atoms with Crippen LogP contribution in [0.4, 0.5) is 14.5 Å². The van der Waals surface area contributed by atoms with E-state index in [0.29, 0.717) is 33.4 Å². The number of nitrogens with one attached hydrogen (secondary N) is 1. The van der Waals surface area contributed by atoms with Gasteiger partial charge in [-0.25, -0.2) is 18.7 Å². The van der Waals surface area contributed by atoms with Gasteiger partial charge in [0, 0.05) is 24.5 Å². The van der Waals surface area contributed by atoms with Crippen molar-refractivity contribution < 1.29 is 13.6 Å². The van der Waals surface area contributed by atoms with Crippen molar-refractivity contribution in [2.24, 2.45) is 7.05 Å². The summed E-state index contributed by atoms with van der Waals surface area (Å²) in [6.45, 7) is 2.14. The van der Waals surface area contributed by atoms with Gasteiger partial charge in [0.2, 0.25) is 0 Å². The Morgan fingerprint density at radius 3 is 2.69 bits per heavy atom. The maximum absolute atomic E-state index is 13.8. The van der Waals surface area contributed by atoms with Crippen molar-refractivity contribution in [1.82, 2.24) is 19.1 Å². The second-order valence-electron chi connectivity index (χ2n) is 7.69. The zero-order valence-electron chi connectivity index (χ0n) is 17.4. The molecule has 0 radical (unpaired) electrons. The summed E-state index contributed by atoms with van der Waals surface area (Å²) in [7, 11) is 1.87. The van der Waals surface area contributed by atoms with Crippen molar-refractivity contribution in [2.75, 3.05) is 5.32 Å². The average molecular weight is 431 g/mol. The molecule has 0 aliphatic rings. The van der Waals surface area contributed by atoms with Crippen LogP contribution in [-0.4, -0.2) is 25.0 Å². The standard InChI is InChI=1S/C24H19F2N5O/c1-14-28-20-11-19(12-27-23(20)30(14)2)29-24(32)22-10-16-9-18(26)6-7-21(16)31(22)13-15-4-3-5-17(25)8-15/h3-12H,13H2,1-2H3,(H,29,32). The van der Waals surface area contributed by atoms with Crippen molar-refractivity contribution in [3.8, 4) is 0 Å². The molecule has 1 N–H and O–H groups in total. The van der Waals surface area contributed by atoms with Crippen molar-refractivity contribution in [3.63, 3.8) is 0 Å². The lowest BCUT2D eigenvalue weighted by Crippen LogP contribution is -2.17. The van der Waals surface area contributed by atoms with Gasteiger partial charge in [-0.3, -0.25) is 4.79 Å². The molecule has 0 saturated carbocycles. The van der Waals surface area contributed by atoms with Gasteiger partial charge in [0.1, 0.15) is 28.7 Å². The Kier molecular flexibility index (Phi) is 4.70. The number of aryl methyl sites for hydroxylation is 2. The maximum Gasteiger partial charge on any atom is 0.272 e. The predicted octanol–water partition coefficient (Wildman–Crippen LogP) is 4.81. The van der Waals surface area contributed by atoms with Gasteiger partial charge in [0.05, 0.1) is 11.9 Å². The number of carbonyl (C=O) groups excluding carboxylic acids is 1. The Morgan fingerprint density at radius 2 is 1.88 bits per heavy atom. The van der Waals surface area contributed by atoms with Crippen LogP contribution < -0.4 is 5.32 Å². The van der Waals surface area contributed by atoms with E-state index in [1.54, 1.807) is 41.1 Å². The molecule has 0 atom stereocenters. The van der Waals surface area contributed by atoms with E-state index in [1.165, 1.54) is 24.3 Å². The van der Waals surface area contributed by atoms with Crippen molar-refractivity contribution in [1.29, 1.82) is 0 Å². The highest BCUT2D eigenvalue weighted by Crippen LogP contribution is 2.24. The molecular weight excluding hydrogens is 412 g/mol. The molecule has 0 aliphatic carbocycles. The summed E-state index contributed by atoms with van der Waals surface area (Å²) in [6, 6.07) is 13.9. The fraction of sp³-hybridized carbons (Fsp3) is 0.125. The van der Waals surface area contributed by atoms with Crippen LogP contribution >= 0.6 is 0 Å². The molecule has 0 spiro atoms. The lowest BCUT2D eigenvalue weighted by atomic mass is 10.2. The summed E-state index contributed by atoms with van der Waals surface area (Å²) >= 11 is 0. The Morgan fingerprint density at radius 1 is 1.06 bits per heavy atom. The van der Waals surface area contributed by atoms with Gasteiger partial charge in [-0.1, -0.05) is 12.1 Å². The fourth-order valence-corrected chi connectivity index (χ4v) is 3.87. The third-order valence-corrected chi connectivity index (χ3v) is 5.52. The Balaban J connectivity index is 1.54. The normalized spacial score (nSPS) is 11.4. The molecule has 3 aromatic heterocycles. The first-order valence-corrected chi connectivity index (χ1v) is 10.0. The first-order chi connectivity index (χ1) is 15.4. The highest BCUT2D eigenvalue weighted by atomic mass is 19.1.